The fourth-order valence-corrected chi connectivity index (χ4v) is 6.24. The smallest absolute Gasteiger partial charge is 0.175 e. The van der Waals surface area contributed by atoms with Crippen molar-refractivity contribution in [2.45, 2.75) is 37.5 Å². The summed E-state index contributed by atoms with van der Waals surface area (Å²) in [6, 6.07) is 17.9. The zero-order valence-corrected chi connectivity index (χ0v) is 20.0. The van der Waals surface area contributed by atoms with Crippen molar-refractivity contribution in [3.05, 3.63) is 70.6 Å². The van der Waals surface area contributed by atoms with Gasteiger partial charge >= 0.3 is 0 Å². The number of fused-ring (bicyclic) bond motifs is 3. The van der Waals surface area contributed by atoms with Crippen LogP contribution >= 0.6 is 23.7 Å². The fraction of sp³-hybridized carbons (Fsp3) is 0.240. The number of aryl methyl sites for hydroxylation is 3. The summed E-state index contributed by atoms with van der Waals surface area (Å²) < 4.78 is 23.6. The molecule has 2 aromatic carbocycles. The van der Waals surface area contributed by atoms with Crippen LogP contribution in [0.4, 0.5) is 0 Å². The zero-order chi connectivity index (χ0) is 20.9. The van der Waals surface area contributed by atoms with Gasteiger partial charge < -0.3 is 0 Å². The minimum atomic E-state index is -3.21. The summed E-state index contributed by atoms with van der Waals surface area (Å²) in [5.74, 6) is 0. The summed E-state index contributed by atoms with van der Waals surface area (Å²) >= 11 is 1.82. The molecule has 0 unspecified atom stereocenters. The first-order chi connectivity index (χ1) is 14.4. The van der Waals surface area contributed by atoms with Crippen LogP contribution in [0.3, 0.4) is 0 Å². The van der Waals surface area contributed by atoms with Gasteiger partial charge in [0.2, 0.25) is 0 Å². The molecular weight excluding hydrogens is 446 g/mol. The molecule has 0 bridgehead atoms. The summed E-state index contributed by atoms with van der Waals surface area (Å²) in [4.78, 5) is 7.91. The van der Waals surface area contributed by atoms with Crippen LogP contribution in [0, 0.1) is 6.92 Å². The standard InChI is InChI=1S/C25H23NO2S2.ClH/c1-16-6-5-7-18(14-16)21-15-22(17-10-12-19(13-11-17)30(2,27)28)26-25-24(21)20-8-3-4-9-23(20)29-25;/h5-7,10-15H,3-4,8-9H2,1-2H3;1H. The molecule has 0 N–H and O–H groups in total. The van der Waals surface area contributed by atoms with Crippen molar-refractivity contribution in [1.29, 1.82) is 0 Å². The van der Waals surface area contributed by atoms with E-state index >= 15 is 0 Å². The molecule has 160 valence electrons. The Morgan fingerprint density at radius 3 is 2.39 bits per heavy atom. The van der Waals surface area contributed by atoms with E-state index < -0.39 is 9.84 Å². The number of hydrogen-bond donors (Lipinski definition) is 0. The van der Waals surface area contributed by atoms with E-state index in [9.17, 15) is 8.42 Å². The summed E-state index contributed by atoms with van der Waals surface area (Å²) in [7, 11) is -3.21. The predicted molar refractivity (Wildman–Crippen MR) is 132 cm³/mol. The van der Waals surface area contributed by atoms with E-state index in [1.165, 1.54) is 51.6 Å². The topological polar surface area (TPSA) is 47.0 Å². The van der Waals surface area contributed by atoms with Crippen LogP contribution in [-0.2, 0) is 22.7 Å². The van der Waals surface area contributed by atoms with Crippen LogP contribution in [-0.4, -0.2) is 19.7 Å². The van der Waals surface area contributed by atoms with E-state index in [1.54, 1.807) is 12.1 Å². The van der Waals surface area contributed by atoms with Crippen LogP contribution in [0.2, 0.25) is 0 Å². The largest absolute Gasteiger partial charge is 0.237 e. The number of rotatable bonds is 3. The van der Waals surface area contributed by atoms with E-state index in [2.05, 4.69) is 37.3 Å². The predicted octanol–water partition coefficient (Wildman–Crippen LogP) is 6.64. The van der Waals surface area contributed by atoms with Crippen LogP contribution in [0.15, 0.2) is 59.5 Å². The Balaban J connectivity index is 0.00000231. The van der Waals surface area contributed by atoms with Gasteiger partial charge in [0.05, 0.1) is 10.6 Å². The molecule has 0 amide bonds. The lowest BCUT2D eigenvalue weighted by molar-refractivity contribution is 0.602. The highest BCUT2D eigenvalue weighted by atomic mass is 35.5. The zero-order valence-electron chi connectivity index (χ0n) is 17.5. The third kappa shape index (κ3) is 4.14. The van der Waals surface area contributed by atoms with Crippen molar-refractivity contribution in [2.75, 3.05) is 6.26 Å². The van der Waals surface area contributed by atoms with Crippen LogP contribution < -0.4 is 0 Å². The van der Waals surface area contributed by atoms with Gasteiger partial charge in [-0.15, -0.1) is 23.7 Å². The summed E-state index contributed by atoms with van der Waals surface area (Å²) in [6.07, 6.45) is 5.98. The van der Waals surface area contributed by atoms with Crippen molar-refractivity contribution in [3.63, 3.8) is 0 Å². The SMILES string of the molecule is Cc1cccc(-c2cc(-c3ccc(S(C)(=O)=O)cc3)nc3sc4c(c23)CCCC4)c1.Cl. The highest BCUT2D eigenvalue weighted by Gasteiger charge is 2.21. The van der Waals surface area contributed by atoms with Crippen molar-refractivity contribution >= 4 is 43.8 Å². The van der Waals surface area contributed by atoms with Gasteiger partial charge in [-0.25, -0.2) is 13.4 Å². The van der Waals surface area contributed by atoms with E-state index in [-0.39, 0.29) is 12.4 Å². The number of benzene rings is 2. The third-order valence-electron chi connectivity index (χ3n) is 5.83. The van der Waals surface area contributed by atoms with Crippen LogP contribution in [0.5, 0.6) is 0 Å². The molecule has 0 saturated heterocycles. The Morgan fingerprint density at radius 2 is 1.68 bits per heavy atom. The number of sulfone groups is 1. The van der Waals surface area contributed by atoms with Gasteiger partial charge in [-0.05, 0) is 67.5 Å². The molecule has 0 atom stereocenters. The Morgan fingerprint density at radius 1 is 0.935 bits per heavy atom. The number of pyridine rings is 1. The van der Waals surface area contributed by atoms with Gasteiger partial charge in [0.1, 0.15) is 4.83 Å². The van der Waals surface area contributed by atoms with Crippen LogP contribution in [0.1, 0.15) is 28.8 Å². The fourth-order valence-electron chi connectivity index (χ4n) is 4.32. The molecule has 0 radical (unpaired) electrons. The van der Waals surface area contributed by atoms with Crippen molar-refractivity contribution in [3.8, 4) is 22.4 Å². The van der Waals surface area contributed by atoms with Gasteiger partial charge in [0, 0.05) is 22.1 Å². The Kier molecular flexibility index (Phi) is 5.95. The second kappa shape index (κ2) is 8.38. The second-order valence-corrected chi connectivity index (χ2v) is 11.2. The number of nitrogens with zero attached hydrogens (tertiary/aromatic N) is 1. The molecule has 3 nitrogen and oxygen atoms in total. The molecular formula is C25H24ClNO2S2. The Labute approximate surface area is 193 Å². The van der Waals surface area contributed by atoms with E-state index in [0.717, 1.165) is 28.9 Å². The molecule has 4 aromatic rings. The Hall–Kier alpha value is -2.21. The first-order valence-corrected chi connectivity index (χ1v) is 12.9. The maximum absolute atomic E-state index is 11.8. The first-order valence-electron chi connectivity index (χ1n) is 10.2. The monoisotopic (exact) mass is 469 g/mol. The normalized spacial score (nSPS) is 13.6. The summed E-state index contributed by atoms with van der Waals surface area (Å²) in [5.41, 5.74) is 6.97. The lowest BCUT2D eigenvalue weighted by atomic mass is 9.91. The lowest BCUT2D eigenvalue weighted by Crippen LogP contribution is -1.99. The molecule has 0 aliphatic heterocycles. The lowest BCUT2D eigenvalue weighted by Gasteiger charge is -2.14. The van der Waals surface area contributed by atoms with Gasteiger partial charge in [-0.3, -0.25) is 0 Å². The van der Waals surface area contributed by atoms with Gasteiger partial charge in [0.15, 0.2) is 9.84 Å². The molecule has 31 heavy (non-hydrogen) atoms. The molecule has 2 heterocycles. The van der Waals surface area contributed by atoms with Crippen LogP contribution in [0.25, 0.3) is 32.6 Å². The number of halogens is 1. The molecule has 0 spiro atoms. The molecule has 0 fully saturated rings. The number of thiophene rings is 1. The van der Waals surface area contributed by atoms with Crippen molar-refractivity contribution in [1.82, 2.24) is 4.98 Å². The first kappa shape index (κ1) is 22.0. The number of hydrogen-bond acceptors (Lipinski definition) is 4. The third-order valence-corrected chi connectivity index (χ3v) is 8.15. The number of aromatic nitrogens is 1. The minimum absolute atomic E-state index is 0. The highest BCUT2D eigenvalue weighted by Crippen LogP contribution is 2.42. The minimum Gasteiger partial charge on any atom is -0.237 e. The molecule has 1 aliphatic rings. The van der Waals surface area contributed by atoms with Gasteiger partial charge in [0.25, 0.3) is 0 Å². The molecule has 0 saturated carbocycles. The second-order valence-electron chi connectivity index (χ2n) is 8.11. The average molecular weight is 470 g/mol. The average Bonchev–Trinajstić information content (AvgIpc) is 3.11. The maximum Gasteiger partial charge on any atom is 0.175 e. The van der Waals surface area contributed by atoms with E-state index in [4.69, 9.17) is 4.98 Å². The summed E-state index contributed by atoms with van der Waals surface area (Å²) in [6.45, 7) is 2.12. The van der Waals surface area contributed by atoms with Crippen molar-refractivity contribution in [2.24, 2.45) is 0 Å². The quantitative estimate of drug-likeness (QED) is 0.337. The molecule has 1 aliphatic carbocycles. The molecule has 2 aromatic heterocycles. The van der Waals surface area contributed by atoms with Gasteiger partial charge in [-0.2, -0.15) is 0 Å². The highest BCUT2D eigenvalue weighted by molar-refractivity contribution is 7.90. The summed E-state index contributed by atoms with van der Waals surface area (Å²) in [5, 5.41) is 1.30. The maximum atomic E-state index is 11.8. The van der Waals surface area contributed by atoms with E-state index in [1.807, 2.05) is 23.5 Å². The molecule has 5 rings (SSSR count). The Bertz CT molecular complexity index is 1370. The molecule has 6 heteroatoms. The van der Waals surface area contributed by atoms with Crippen molar-refractivity contribution < 1.29 is 8.42 Å². The van der Waals surface area contributed by atoms with E-state index in [0.29, 0.717) is 4.90 Å². The van der Waals surface area contributed by atoms with Gasteiger partial charge in [-0.1, -0.05) is 42.0 Å².